The number of hydrogen-bond acceptors (Lipinski definition) is 7. The van der Waals surface area contributed by atoms with Crippen molar-refractivity contribution in [3.63, 3.8) is 0 Å². The van der Waals surface area contributed by atoms with Gasteiger partial charge in [-0.1, -0.05) is 11.3 Å². The van der Waals surface area contributed by atoms with Gasteiger partial charge in [0.25, 0.3) is 5.91 Å². The number of nitro groups is 1. The highest BCUT2D eigenvalue weighted by Crippen LogP contribution is 2.22. The normalized spacial score (nSPS) is 11.9. The van der Waals surface area contributed by atoms with Gasteiger partial charge in [0.15, 0.2) is 0 Å². The molecule has 2 N–H and O–H groups in total. The number of benzene rings is 1. The summed E-state index contributed by atoms with van der Waals surface area (Å²) < 4.78 is 5.07. The van der Waals surface area contributed by atoms with Crippen molar-refractivity contribution >= 4 is 34.1 Å². The van der Waals surface area contributed by atoms with Gasteiger partial charge in [0.2, 0.25) is 0 Å². The summed E-state index contributed by atoms with van der Waals surface area (Å²) in [7, 11) is 1.58. The zero-order valence-corrected chi connectivity index (χ0v) is 13.9. The summed E-state index contributed by atoms with van der Waals surface area (Å²) in [5, 5.41) is 17.5. The van der Waals surface area contributed by atoms with Crippen LogP contribution in [0.5, 0.6) is 5.75 Å². The molecule has 0 saturated carbocycles. The summed E-state index contributed by atoms with van der Waals surface area (Å²) in [5.74, 6) is 0.403. The Labute approximate surface area is 142 Å². The molecule has 0 aliphatic rings. The fourth-order valence-electron chi connectivity index (χ4n) is 1.77. The lowest BCUT2D eigenvalue weighted by molar-refractivity contribution is -0.380. The molecule has 1 heterocycles. The van der Waals surface area contributed by atoms with E-state index in [0.29, 0.717) is 4.88 Å². The molecule has 1 atom stereocenters. The molecule has 9 heteroatoms. The third-order valence-corrected chi connectivity index (χ3v) is 4.00. The van der Waals surface area contributed by atoms with Gasteiger partial charge in [-0.2, -0.15) is 5.10 Å². The topological polar surface area (TPSA) is 106 Å². The number of anilines is 1. The van der Waals surface area contributed by atoms with Crippen LogP contribution in [-0.2, 0) is 4.79 Å². The maximum absolute atomic E-state index is 12.0. The summed E-state index contributed by atoms with van der Waals surface area (Å²) in [6.45, 7) is 1.70. The van der Waals surface area contributed by atoms with Crippen LogP contribution in [0.2, 0.25) is 0 Å². The Hall–Kier alpha value is -2.94. The Morgan fingerprint density at radius 2 is 2.04 bits per heavy atom. The molecule has 1 unspecified atom stereocenters. The predicted molar refractivity (Wildman–Crippen MR) is 92.8 cm³/mol. The lowest BCUT2D eigenvalue weighted by Crippen LogP contribution is -2.34. The maximum atomic E-state index is 12.0. The largest absolute Gasteiger partial charge is 0.497 e. The van der Waals surface area contributed by atoms with Gasteiger partial charge in [-0.05, 0) is 37.3 Å². The van der Waals surface area contributed by atoms with E-state index in [-0.39, 0.29) is 10.9 Å². The lowest BCUT2D eigenvalue weighted by Gasteiger charge is -2.13. The summed E-state index contributed by atoms with van der Waals surface area (Å²) in [4.78, 5) is 22.7. The molecular weight excluding hydrogens is 332 g/mol. The maximum Gasteiger partial charge on any atom is 0.324 e. The Morgan fingerprint density at radius 3 is 2.62 bits per heavy atom. The number of carbonyl (C=O) groups is 1. The molecule has 24 heavy (non-hydrogen) atoms. The lowest BCUT2D eigenvalue weighted by atomic mass is 10.2. The molecule has 0 fully saturated rings. The van der Waals surface area contributed by atoms with Crippen LogP contribution in [-0.4, -0.2) is 30.2 Å². The second-order valence-electron chi connectivity index (χ2n) is 4.76. The molecule has 0 saturated heterocycles. The quantitative estimate of drug-likeness (QED) is 0.454. The van der Waals surface area contributed by atoms with Crippen molar-refractivity contribution in [1.29, 1.82) is 0 Å². The van der Waals surface area contributed by atoms with Gasteiger partial charge in [-0.25, -0.2) is 5.43 Å². The Morgan fingerprint density at radius 1 is 1.33 bits per heavy atom. The Kier molecular flexibility index (Phi) is 5.85. The standard InChI is InChI=1S/C15H16N4O4S/c1-10(17-11-3-5-12(23-2)6-4-11)15(20)18-16-9-13-7-8-14(24-13)19(21)22/h3-10,17H,1-2H3,(H,18,20). The molecule has 2 aromatic rings. The first-order valence-electron chi connectivity index (χ1n) is 6.97. The van der Waals surface area contributed by atoms with Crippen molar-refractivity contribution in [2.45, 2.75) is 13.0 Å². The molecule has 0 radical (unpaired) electrons. The van der Waals surface area contributed by atoms with E-state index in [4.69, 9.17) is 4.74 Å². The van der Waals surface area contributed by atoms with Gasteiger partial charge in [-0.3, -0.25) is 14.9 Å². The molecule has 0 aliphatic carbocycles. The highest BCUT2D eigenvalue weighted by molar-refractivity contribution is 7.16. The number of amides is 1. The number of nitrogens with zero attached hydrogens (tertiary/aromatic N) is 2. The zero-order valence-electron chi connectivity index (χ0n) is 13.1. The first kappa shape index (κ1) is 17.4. The van der Waals surface area contributed by atoms with E-state index in [1.807, 2.05) is 0 Å². The first-order valence-corrected chi connectivity index (χ1v) is 7.79. The molecule has 0 aliphatic heterocycles. The number of methoxy groups -OCH3 is 1. The van der Waals surface area contributed by atoms with Crippen LogP contribution in [0.15, 0.2) is 41.5 Å². The summed E-state index contributed by atoms with van der Waals surface area (Å²) in [5.41, 5.74) is 3.17. The van der Waals surface area contributed by atoms with Crippen molar-refractivity contribution in [3.8, 4) is 5.75 Å². The predicted octanol–water partition coefficient (Wildman–Crippen LogP) is 2.62. The molecule has 1 amide bonds. The number of carbonyl (C=O) groups excluding carboxylic acids is 1. The number of rotatable bonds is 7. The first-order chi connectivity index (χ1) is 11.5. The van der Waals surface area contributed by atoms with E-state index in [9.17, 15) is 14.9 Å². The van der Waals surface area contributed by atoms with E-state index in [2.05, 4.69) is 15.8 Å². The summed E-state index contributed by atoms with van der Waals surface area (Å²) >= 11 is 0.980. The van der Waals surface area contributed by atoms with Crippen LogP contribution in [0.4, 0.5) is 10.7 Å². The van der Waals surface area contributed by atoms with Gasteiger partial charge >= 0.3 is 5.00 Å². The van der Waals surface area contributed by atoms with Crippen molar-refractivity contribution < 1.29 is 14.5 Å². The fourth-order valence-corrected chi connectivity index (χ4v) is 2.46. The molecule has 1 aromatic carbocycles. The highest BCUT2D eigenvalue weighted by atomic mass is 32.1. The summed E-state index contributed by atoms with van der Waals surface area (Å²) in [6, 6.07) is 9.63. The molecular formula is C15H16N4O4S. The Balaban J connectivity index is 1.86. The van der Waals surface area contributed by atoms with Crippen LogP contribution in [0.3, 0.4) is 0 Å². The average Bonchev–Trinajstić information content (AvgIpc) is 3.04. The van der Waals surface area contributed by atoms with Crippen LogP contribution >= 0.6 is 11.3 Å². The number of hydrogen-bond donors (Lipinski definition) is 2. The van der Waals surface area contributed by atoms with Crippen LogP contribution in [0, 0.1) is 10.1 Å². The fraction of sp³-hybridized carbons (Fsp3) is 0.200. The minimum Gasteiger partial charge on any atom is -0.497 e. The van der Waals surface area contributed by atoms with E-state index < -0.39 is 11.0 Å². The van der Waals surface area contributed by atoms with Crippen LogP contribution in [0.25, 0.3) is 0 Å². The van der Waals surface area contributed by atoms with Crippen molar-refractivity contribution in [2.75, 3.05) is 12.4 Å². The Bertz CT molecular complexity index is 742. The van der Waals surface area contributed by atoms with E-state index >= 15 is 0 Å². The van der Waals surface area contributed by atoms with Gasteiger partial charge in [0.05, 0.1) is 23.1 Å². The summed E-state index contributed by atoms with van der Waals surface area (Å²) in [6.07, 6.45) is 1.37. The number of nitrogens with one attached hydrogen (secondary N) is 2. The third kappa shape index (κ3) is 4.78. The number of hydrazone groups is 1. The second kappa shape index (κ2) is 8.06. The molecule has 0 spiro atoms. The third-order valence-electron chi connectivity index (χ3n) is 3.03. The smallest absolute Gasteiger partial charge is 0.324 e. The molecule has 126 valence electrons. The minimum atomic E-state index is -0.506. The van der Waals surface area contributed by atoms with Crippen LogP contribution < -0.4 is 15.5 Å². The molecule has 1 aromatic heterocycles. The molecule has 8 nitrogen and oxygen atoms in total. The monoisotopic (exact) mass is 348 g/mol. The molecule has 2 rings (SSSR count). The van der Waals surface area contributed by atoms with Gasteiger partial charge in [-0.15, -0.1) is 0 Å². The zero-order chi connectivity index (χ0) is 17.5. The van der Waals surface area contributed by atoms with Crippen LogP contribution in [0.1, 0.15) is 11.8 Å². The average molecular weight is 348 g/mol. The van der Waals surface area contributed by atoms with E-state index in [0.717, 1.165) is 22.8 Å². The highest BCUT2D eigenvalue weighted by Gasteiger charge is 2.12. The van der Waals surface area contributed by atoms with Crippen molar-refractivity contribution in [3.05, 3.63) is 51.4 Å². The van der Waals surface area contributed by atoms with E-state index in [1.165, 1.54) is 12.3 Å². The minimum absolute atomic E-state index is 0.0253. The molecule has 0 bridgehead atoms. The van der Waals surface area contributed by atoms with Gasteiger partial charge in [0.1, 0.15) is 11.8 Å². The van der Waals surface area contributed by atoms with Gasteiger partial charge < -0.3 is 10.1 Å². The second-order valence-corrected chi connectivity index (χ2v) is 5.86. The van der Waals surface area contributed by atoms with Crippen molar-refractivity contribution in [1.82, 2.24) is 5.43 Å². The van der Waals surface area contributed by atoms with Crippen molar-refractivity contribution in [2.24, 2.45) is 5.10 Å². The van der Waals surface area contributed by atoms with Gasteiger partial charge in [0, 0.05) is 11.8 Å². The number of thiophene rings is 1. The SMILES string of the molecule is COc1ccc(NC(C)C(=O)NN=Cc2ccc([N+](=O)[O-])s2)cc1. The number of ether oxygens (including phenoxy) is 1. The van der Waals surface area contributed by atoms with E-state index in [1.54, 1.807) is 44.4 Å².